The molecule has 1 saturated heterocycles. The van der Waals surface area contributed by atoms with E-state index in [-0.39, 0.29) is 22.9 Å². The van der Waals surface area contributed by atoms with Crippen LogP contribution in [0.2, 0.25) is 5.02 Å². The van der Waals surface area contributed by atoms with Gasteiger partial charge in [0.05, 0.1) is 10.6 Å². The maximum absolute atomic E-state index is 12.0. The SMILES string of the molecule is CC.CC1(C)CC(C)(C)C1Oc1ccc(C#N)c(Cl)c1.O=CC1CCN(c2ccc(C(=O)NF)cc2)CC1. The summed E-state index contributed by atoms with van der Waals surface area (Å²) in [4.78, 5) is 23.9. The Balaban J connectivity index is 0.000000251. The molecule has 0 aromatic heterocycles. The van der Waals surface area contributed by atoms with Crippen molar-refractivity contribution < 1.29 is 18.8 Å². The lowest BCUT2D eigenvalue weighted by Gasteiger charge is -2.56. The number of hydrogen-bond acceptors (Lipinski definition) is 5. The molecule has 0 spiro atoms. The summed E-state index contributed by atoms with van der Waals surface area (Å²) in [6.45, 7) is 14.5. The molecular weight excluding hydrogens is 505 g/mol. The van der Waals surface area contributed by atoms with Gasteiger partial charge in [0.1, 0.15) is 24.2 Å². The molecular formula is C30H39ClFN3O3. The molecule has 4 rings (SSSR count). The summed E-state index contributed by atoms with van der Waals surface area (Å²) in [7, 11) is 0. The maximum Gasteiger partial charge on any atom is 0.278 e. The number of aldehydes is 1. The molecule has 1 aliphatic heterocycles. The van der Waals surface area contributed by atoms with Crippen molar-refractivity contribution in [2.75, 3.05) is 18.0 Å². The second-order valence-corrected chi connectivity index (χ2v) is 11.2. The number of amides is 1. The van der Waals surface area contributed by atoms with Gasteiger partial charge in [-0.05, 0) is 55.7 Å². The van der Waals surface area contributed by atoms with Gasteiger partial charge in [0.2, 0.25) is 0 Å². The molecule has 0 unspecified atom stereocenters. The predicted molar refractivity (Wildman–Crippen MR) is 150 cm³/mol. The average Bonchev–Trinajstić information content (AvgIpc) is 2.92. The van der Waals surface area contributed by atoms with Crippen LogP contribution < -0.4 is 15.2 Å². The van der Waals surface area contributed by atoms with Crippen molar-refractivity contribution in [2.24, 2.45) is 16.7 Å². The first-order chi connectivity index (χ1) is 18.0. The number of hydrogen-bond donors (Lipinski definition) is 1. The Morgan fingerprint density at radius 1 is 1.11 bits per heavy atom. The maximum atomic E-state index is 12.0. The van der Waals surface area contributed by atoms with Gasteiger partial charge in [-0.3, -0.25) is 4.79 Å². The van der Waals surface area contributed by atoms with E-state index in [0.29, 0.717) is 16.1 Å². The van der Waals surface area contributed by atoms with Crippen molar-refractivity contribution >= 4 is 29.5 Å². The van der Waals surface area contributed by atoms with Crippen molar-refractivity contribution in [3.63, 3.8) is 0 Å². The van der Waals surface area contributed by atoms with E-state index in [0.717, 1.165) is 55.6 Å². The number of ether oxygens (including phenoxy) is 1. The van der Waals surface area contributed by atoms with Crippen molar-refractivity contribution in [1.82, 2.24) is 5.54 Å². The molecule has 0 atom stereocenters. The van der Waals surface area contributed by atoms with Crippen LogP contribution in [0, 0.1) is 28.1 Å². The zero-order valence-corrected chi connectivity index (χ0v) is 23.9. The Hall–Kier alpha value is -3.11. The minimum absolute atomic E-state index is 0.165. The molecule has 2 fully saturated rings. The Morgan fingerprint density at radius 3 is 2.13 bits per heavy atom. The Bertz CT molecular complexity index is 1110. The van der Waals surface area contributed by atoms with E-state index < -0.39 is 5.91 Å². The van der Waals surface area contributed by atoms with Crippen molar-refractivity contribution in [2.45, 2.75) is 66.9 Å². The van der Waals surface area contributed by atoms with Gasteiger partial charge in [-0.25, -0.2) is 0 Å². The van der Waals surface area contributed by atoms with Gasteiger partial charge in [-0.2, -0.15) is 10.8 Å². The molecule has 6 nitrogen and oxygen atoms in total. The monoisotopic (exact) mass is 543 g/mol. The third kappa shape index (κ3) is 7.70. The summed E-state index contributed by atoms with van der Waals surface area (Å²) in [5.74, 6) is 0.170. The highest BCUT2D eigenvalue weighted by Gasteiger charge is 2.54. The lowest BCUT2D eigenvalue weighted by molar-refractivity contribution is -0.133. The van der Waals surface area contributed by atoms with Crippen LogP contribution in [0.25, 0.3) is 0 Å². The van der Waals surface area contributed by atoms with E-state index >= 15 is 0 Å². The fraction of sp³-hybridized carbons (Fsp3) is 0.500. The lowest BCUT2D eigenvalue weighted by Crippen LogP contribution is -2.58. The number of anilines is 1. The first-order valence-electron chi connectivity index (χ1n) is 13.1. The Morgan fingerprint density at radius 2 is 1.68 bits per heavy atom. The van der Waals surface area contributed by atoms with Crippen LogP contribution >= 0.6 is 11.6 Å². The van der Waals surface area contributed by atoms with Crippen molar-refractivity contribution in [3.05, 3.63) is 58.6 Å². The number of rotatable bonds is 5. The third-order valence-electron chi connectivity index (χ3n) is 6.96. The number of nitriles is 1. The highest BCUT2D eigenvalue weighted by atomic mass is 35.5. The Kier molecular flexibility index (Phi) is 11.1. The van der Waals surface area contributed by atoms with E-state index in [1.165, 1.54) is 0 Å². The largest absolute Gasteiger partial charge is 0.489 e. The number of nitrogens with one attached hydrogen (secondary N) is 1. The molecule has 1 saturated carbocycles. The van der Waals surface area contributed by atoms with E-state index in [9.17, 15) is 14.1 Å². The second kappa shape index (κ2) is 13.6. The van der Waals surface area contributed by atoms with Crippen molar-refractivity contribution in [1.29, 1.82) is 5.26 Å². The van der Waals surface area contributed by atoms with E-state index in [1.807, 2.05) is 26.0 Å². The molecule has 2 aromatic rings. The third-order valence-corrected chi connectivity index (χ3v) is 7.27. The molecule has 0 bridgehead atoms. The summed E-state index contributed by atoms with van der Waals surface area (Å²) >= 11 is 6.01. The summed E-state index contributed by atoms with van der Waals surface area (Å²) in [6, 6.07) is 14.1. The van der Waals surface area contributed by atoms with Gasteiger partial charge in [-0.1, -0.05) is 57.6 Å². The molecule has 8 heteroatoms. The van der Waals surface area contributed by atoms with Gasteiger partial charge < -0.3 is 14.4 Å². The zero-order valence-electron chi connectivity index (χ0n) is 23.2. The first kappa shape index (κ1) is 31.1. The number of piperidine rings is 1. The highest BCUT2D eigenvalue weighted by molar-refractivity contribution is 6.31. The smallest absolute Gasteiger partial charge is 0.278 e. The predicted octanol–water partition coefficient (Wildman–Crippen LogP) is 7.16. The molecule has 1 N–H and O–H groups in total. The summed E-state index contributed by atoms with van der Waals surface area (Å²) < 4.78 is 18.0. The topological polar surface area (TPSA) is 82.4 Å². The molecule has 2 aliphatic rings. The minimum atomic E-state index is -0.735. The van der Waals surface area contributed by atoms with E-state index in [2.05, 4.69) is 32.6 Å². The van der Waals surface area contributed by atoms with Gasteiger partial charge in [-0.15, -0.1) is 0 Å². The van der Waals surface area contributed by atoms with Gasteiger partial charge >= 0.3 is 0 Å². The minimum Gasteiger partial charge on any atom is -0.489 e. The van der Waals surface area contributed by atoms with Crippen LogP contribution in [0.3, 0.4) is 0 Å². The zero-order chi connectivity index (χ0) is 28.5. The van der Waals surface area contributed by atoms with Gasteiger partial charge in [0.25, 0.3) is 5.91 Å². The molecule has 1 heterocycles. The van der Waals surface area contributed by atoms with Crippen molar-refractivity contribution in [3.8, 4) is 11.8 Å². The summed E-state index contributed by atoms with van der Waals surface area (Å²) in [5.41, 5.74) is 3.24. The van der Waals surface area contributed by atoms with E-state index in [4.69, 9.17) is 21.6 Å². The molecule has 0 radical (unpaired) electrons. The lowest BCUT2D eigenvalue weighted by atomic mass is 9.53. The fourth-order valence-corrected chi connectivity index (χ4v) is 5.79. The van der Waals surface area contributed by atoms with Crippen LogP contribution in [0.1, 0.15) is 76.7 Å². The molecule has 2 aromatic carbocycles. The van der Waals surface area contributed by atoms with Crippen LogP contribution in [-0.2, 0) is 4.79 Å². The molecule has 1 aliphatic carbocycles. The summed E-state index contributed by atoms with van der Waals surface area (Å²) in [6.07, 6.45) is 4.06. The summed E-state index contributed by atoms with van der Waals surface area (Å²) in [5, 5.41) is 9.29. The number of benzene rings is 2. The standard InChI is InChI=1S/C15H18ClNO.C13H15FN2O2.C2H6/c1-14(2)9-15(3,4)13(14)18-11-6-5-10(8-17)12(16)7-11;14-15-13(18)11-1-3-12(4-2-11)16-7-5-10(9-17)6-8-16;1-2/h5-7,13H,9H2,1-4H3;1-4,9-10H,5-8H2,(H,15,18);1-2H3. The molecule has 206 valence electrons. The molecule has 38 heavy (non-hydrogen) atoms. The first-order valence-corrected chi connectivity index (χ1v) is 13.5. The quantitative estimate of drug-likeness (QED) is 0.319. The second-order valence-electron chi connectivity index (χ2n) is 10.8. The molecule has 1 amide bonds. The van der Waals surface area contributed by atoms with E-state index in [1.54, 1.807) is 36.4 Å². The van der Waals surface area contributed by atoms with Crippen LogP contribution in [-0.4, -0.2) is 31.4 Å². The number of nitrogens with zero attached hydrogens (tertiary/aromatic N) is 2. The number of halogens is 2. The fourth-order valence-electron chi connectivity index (χ4n) is 5.57. The number of carbonyl (C=O) groups excluding carboxylic acids is 2. The van der Waals surface area contributed by atoms with Crippen LogP contribution in [0.5, 0.6) is 5.75 Å². The van der Waals surface area contributed by atoms with Crippen LogP contribution in [0.4, 0.5) is 10.2 Å². The van der Waals surface area contributed by atoms with Crippen LogP contribution in [0.15, 0.2) is 42.5 Å². The van der Waals surface area contributed by atoms with Gasteiger partial charge in [0, 0.05) is 47.2 Å². The Labute approximate surface area is 231 Å². The normalized spacial score (nSPS) is 17.8. The highest BCUT2D eigenvalue weighted by Crippen LogP contribution is 2.55. The average molecular weight is 544 g/mol. The van der Waals surface area contributed by atoms with Gasteiger partial charge in [0.15, 0.2) is 0 Å². The number of carbonyl (C=O) groups is 2.